The predicted octanol–water partition coefficient (Wildman–Crippen LogP) is 4.05. The van der Waals surface area contributed by atoms with Crippen LogP contribution >= 0.6 is 0 Å². The Labute approximate surface area is 96.6 Å². The highest BCUT2D eigenvalue weighted by molar-refractivity contribution is 6.56. The van der Waals surface area contributed by atoms with E-state index in [1.54, 1.807) is 0 Å². The monoisotopic (exact) mass is 226 g/mol. The van der Waals surface area contributed by atoms with Gasteiger partial charge in [-0.2, -0.15) is 0 Å². The highest BCUT2D eigenvalue weighted by Crippen LogP contribution is 2.35. The minimum atomic E-state index is -0.974. The molecule has 0 bridgehead atoms. The van der Waals surface area contributed by atoms with E-state index >= 15 is 0 Å². The fourth-order valence-corrected chi connectivity index (χ4v) is 4.95. The maximum atomic E-state index is 5.99. The van der Waals surface area contributed by atoms with Crippen LogP contribution in [0.25, 0.3) is 0 Å². The first-order chi connectivity index (χ1) is 7.17. The third-order valence-corrected chi connectivity index (χ3v) is 6.70. The van der Waals surface area contributed by atoms with Crippen molar-refractivity contribution < 1.29 is 4.43 Å². The first kappa shape index (κ1) is 13.0. The van der Waals surface area contributed by atoms with Gasteiger partial charge in [0.15, 0.2) is 9.04 Å². The van der Waals surface area contributed by atoms with Crippen LogP contribution in [0.3, 0.4) is 0 Å². The molecule has 0 spiro atoms. The summed E-state index contributed by atoms with van der Waals surface area (Å²) in [5.74, 6) is 0. The van der Waals surface area contributed by atoms with E-state index in [0.717, 1.165) is 6.61 Å². The second-order valence-corrected chi connectivity index (χ2v) is 8.60. The average Bonchev–Trinajstić information content (AvgIpc) is 2.26. The van der Waals surface area contributed by atoms with E-state index < -0.39 is 9.04 Å². The van der Waals surface area contributed by atoms with E-state index in [9.17, 15) is 0 Å². The fourth-order valence-electron chi connectivity index (χ4n) is 2.14. The lowest BCUT2D eigenvalue weighted by molar-refractivity contribution is 0.274. The molecule has 1 fully saturated rings. The van der Waals surface area contributed by atoms with Gasteiger partial charge in [0, 0.05) is 6.61 Å². The van der Waals surface area contributed by atoms with Crippen LogP contribution in [-0.2, 0) is 4.43 Å². The molecule has 0 saturated carbocycles. The molecule has 15 heavy (non-hydrogen) atoms. The Hall–Kier alpha value is -0.0831. The smallest absolute Gasteiger partial charge is 0.186 e. The summed E-state index contributed by atoms with van der Waals surface area (Å²) >= 11 is 0. The van der Waals surface area contributed by atoms with Crippen LogP contribution in [0, 0.1) is 0 Å². The molecule has 0 amide bonds. The van der Waals surface area contributed by atoms with E-state index in [-0.39, 0.29) is 0 Å². The van der Waals surface area contributed by atoms with Crippen LogP contribution < -0.4 is 0 Å². The molecule has 0 radical (unpaired) electrons. The van der Waals surface area contributed by atoms with Gasteiger partial charge in [-0.15, -0.1) is 0 Å². The highest BCUT2D eigenvalue weighted by atomic mass is 28.3. The van der Waals surface area contributed by atoms with Gasteiger partial charge in [-0.05, 0) is 23.9 Å². The van der Waals surface area contributed by atoms with E-state index in [0.29, 0.717) is 5.04 Å². The van der Waals surface area contributed by atoms with E-state index in [1.165, 1.54) is 38.1 Å². The zero-order chi connectivity index (χ0) is 11.1. The van der Waals surface area contributed by atoms with E-state index in [1.807, 2.05) is 0 Å². The van der Waals surface area contributed by atoms with Crippen LogP contribution in [-0.4, -0.2) is 15.6 Å². The molecule has 0 aromatic carbocycles. The van der Waals surface area contributed by atoms with Gasteiger partial charge in [-0.3, -0.25) is 0 Å². The fraction of sp³-hybridized carbons (Fsp3) is 0.846. The minimum Gasteiger partial charge on any atom is -0.419 e. The van der Waals surface area contributed by atoms with Gasteiger partial charge in [0.1, 0.15) is 0 Å². The lowest BCUT2D eigenvalue weighted by Crippen LogP contribution is -2.33. The summed E-state index contributed by atoms with van der Waals surface area (Å²) in [7, 11) is -0.974. The summed E-state index contributed by atoms with van der Waals surface area (Å²) in [5, 5.41) is 0.355. The molecule has 88 valence electrons. The molecular weight excluding hydrogens is 200 g/mol. The van der Waals surface area contributed by atoms with Crippen molar-refractivity contribution in [3.63, 3.8) is 0 Å². The molecule has 0 aromatic heterocycles. The quantitative estimate of drug-likeness (QED) is 0.390. The summed E-state index contributed by atoms with van der Waals surface area (Å²) in [6.45, 7) is 7.98. The van der Waals surface area contributed by atoms with Crippen molar-refractivity contribution >= 4 is 9.04 Å². The van der Waals surface area contributed by atoms with Crippen LogP contribution in [0.5, 0.6) is 0 Å². The van der Waals surface area contributed by atoms with Gasteiger partial charge >= 0.3 is 0 Å². The normalized spacial score (nSPS) is 23.5. The first-order valence-electron chi connectivity index (χ1n) is 6.46. The van der Waals surface area contributed by atoms with E-state index in [2.05, 4.69) is 32.9 Å². The van der Waals surface area contributed by atoms with E-state index in [4.69, 9.17) is 4.43 Å². The molecule has 1 nitrogen and oxygen atoms in total. The standard InChI is InChI=1S/C13H26OSi/c1-4-5-6-7-10-13(2,3)15-12-9-8-11-14-15/h7,10,15H,4-6,8-9,11-12H2,1-3H3/b10-7+. The van der Waals surface area contributed by atoms with Gasteiger partial charge in [0.2, 0.25) is 0 Å². The van der Waals surface area contributed by atoms with Gasteiger partial charge in [0.25, 0.3) is 0 Å². The molecule has 2 heteroatoms. The number of hydrogen-bond acceptors (Lipinski definition) is 1. The van der Waals surface area contributed by atoms with Crippen molar-refractivity contribution in [2.75, 3.05) is 6.61 Å². The number of unbranched alkanes of at least 4 members (excludes halogenated alkanes) is 2. The third kappa shape index (κ3) is 4.52. The highest BCUT2D eigenvalue weighted by Gasteiger charge is 2.31. The maximum Gasteiger partial charge on any atom is 0.186 e. The molecule has 1 saturated heterocycles. The average molecular weight is 226 g/mol. The SMILES string of the molecule is CCCC/C=C/C(C)(C)[SiH]1CCCCO1. The molecule has 1 rings (SSSR count). The Morgan fingerprint density at radius 2 is 2.13 bits per heavy atom. The Kier molecular flexibility index (Phi) is 5.62. The van der Waals surface area contributed by atoms with Crippen molar-refractivity contribution in [2.24, 2.45) is 0 Å². The van der Waals surface area contributed by atoms with Crippen molar-refractivity contribution in [1.82, 2.24) is 0 Å². The van der Waals surface area contributed by atoms with Crippen LogP contribution in [0.2, 0.25) is 11.1 Å². The van der Waals surface area contributed by atoms with Crippen molar-refractivity contribution in [1.29, 1.82) is 0 Å². The second kappa shape index (κ2) is 6.49. The molecule has 0 aromatic rings. The molecule has 0 N–H and O–H groups in total. The van der Waals surface area contributed by atoms with Crippen molar-refractivity contribution in [2.45, 2.75) is 64.0 Å². The van der Waals surface area contributed by atoms with Crippen molar-refractivity contribution in [3.8, 4) is 0 Å². The predicted molar refractivity (Wildman–Crippen MR) is 69.8 cm³/mol. The summed E-state index contributed by atoms with van der Waals surface area (Å²) in [6, 6.07) is 1.37. The number of allylic oxidation sites excluding steroid dienone is 2. The second-order valence-electron chi connectivity index (χ2n) is 5.22. The summed E-state index contributed by atoms with van der Waals surface area (Å²) in [5.41, 5.74) is 0. The van der Waals surface area contributed by atoms with Gasteiger partial charge in [-0.25, -0.2) is 0 Å². The van der Waals surface area contributed by atoms with Gasteiger partial charge < -0.3 is 4.43 Å². The topological polar surface area (TPSA) is 9.23 Å². The van der Waals surface area contributed by atoms with Gasteiger partial charge in [0.05, 0.1) is 0 Å². The zero-order valence-electron chi connectivity index (χ0n) is 10.6. The Morgan fingerprint density at radius 1 is 1.33 bits per heavy atom. The largest absolute Gasteiger partial charge is 0.419 e. The molecule has 1 atom stereocenters. The Bertz CT molecular complexity index is 193. The maximum absolute atomic E-state index is 5.99. The van der Waals surface area contributed by atoms with Crippen LogP contribution in [0.4, 0.5) is 0 Å². The number of rotatable bonds is 5. The molecule has 1 heterocycles. The van der Waals surface area contributed by atoms with Crippen molar-refractivity contribution in [3.05, 3.63) is 12.2 Å². The molecule has 1 unspecified atom stereocenters. The third-order valence-electron chi connectivity index (χ3n) is 3.28. The van der Waals surface area contributed by atoms with Gasteiger partial charge in [-0.1, -0.05) is 52.2 Å². The molecular formula is C13H26OSi. The summed E-state index contributed by atoms with van der Waals surface area (Å²) in [6.07, 6.45) is 11.3. The first-order valence-corrected chi connectivity index (χ1v) is 8.32. The zero-order valence-corrected chi connectivity index (χ0v) is 11.7. The Balaban J connectivity index is 2.38. The molecule has 1 aliphatic rings. The Morgan fingerprint density at radius 3 is 2.73 bits per heavy atom. The molecule has 1 aliphatic heterocycles. The summed E-state index contributed by atoms with van der Waals surface area (Å²) in [4.78, 5) is 0. The minimum absolute atomic E-state index is 0.355. The lowest BCUT2D eigenvalue weighted by Gasteiger charge is -2.33. The summed E-state index contributed by atoms with van der Waals surface area (Å²) < 4.78 is 5.99. The van der Waals surface area contributed by atoms with Crippen LogP contribution in [0.15, 0.2) is 12.2 Å². The molecule has 0 aliphatic carbocycles. The lowest BCUT2D eigenvalue weighted by atomic mass is 10.1. The van der Waals surface area contributed by atoms with Crippen LogP contribution in [0.1, 0.15) is 52.9 Å². The number of hydrogen-bond donors (Lipinski definition) is 0.